The van der Waals surface area contributed by atoms with E-state index in [1.54, 1.807) is 7.11 Å². The van der Waals surface area contributed by atoms with E-state index in [-0.39, 0.29) is 0 Å². The van der Waals surface area contributed by atoms with Crippen molar-refractivity contribution in [1.82, 2.24) is 4.98 Å². The Morgan fingerprint density at radius 2 is 2.35 bits per heavy atom. The van der Waals surface area contributed by atoms with Crippen molar-refractivity contribution in [2.45, 2.75) is 6.92 Å². The summed E-state index contributed by atoms with van der Waals surface area (Å²) >= 11 is 1.51. The first-order chi connectivity index (χ1) is 9.69. The highest BCUT2D eigenvalue weighted by Gasteiger charge is 2.19. The smallest absolute Gasteiger partial charge is 0.180 e. The standard InChI is InChI=1S/C14H17N3O2S/c1-9-13(16-14(15)20-9)10-3-4-12-11(7-10)17(8-18-2)5-6-19-12/h3-4,7H,5-6,8H2,1-2H3,(H2,15,16). The molecule has 1 aliphatic rings. The molecule has 1 aromatic heterocycles. The highest BCUT2D eigenvalue weighted by Crippen LogP contribution is 2.37. The van der Waals surface area contributed by atoms with Crippen LogP contribution in [0.25, 0.3) is 11.3 Å². The molecule has 2 heterocycles. The van der Waals surface area contributed by atoms with Crippen LogP contribution in [0.3, 0.4) is 0 Å². The largest absolute Gasteiger partial charge is 0.490 e. The number of aromatic nitrogens is 1. The maximum absolute atomic E-state index is 5.78. The number of aryl methyl sites for hydroxylation is 1. The number of methoxy groups -OCH3 is 1. The monoisotopic (exact) mass is 291 g/mol. The van der Waals surface area contributed by atoms with Crippen LogP contribution in [0.2, 0.25) is 0 Å². The maximum Gasteiger partial charge on any atom is 0.180 e. The Balaban J connectivity index is 2.03. The van der Waals surface area contributed by atoms with E-state index in [2.05, 4.69) is 16.0 Å². The van der Waals surface area contributed by atoms with E-state index in [0.717, 1.165) is 34.1 Å². The van der Waals surface area contributed by atoms with Crippen molar-refractivity contribution in [1.29, 1.82) is 0 Å². The summed E-state index contributed by atoms with van der Waals surface area (Å²) in [5.74, 6) is 0.887. The first kappa shape index (κ1) is 13.2. The zero-order valence-corrected chi connectivity index (χ0v) is 12.4. The van der Waals surface area contributed by atoms with E-state index in [4.69, 9.17) is 15.2 Å². The second-order valence-electron chi connectivity index (χ2n) is 4.67. The summed E-state index contributed by atoms with van der Waals surface area (Å²) in [6, 6.07) is 6.10. The van der Waals surface area contributed by atoms with Gasteiger partial charge in [0.2, 0.25) is 0 Å². The third-order valence-electron chi connectivity index (χ3n) is 3.29. The van der Waals surface area contributed by atoms with Crippen molar-refractivity contribution >= 4 is 22.2 Å². The van der Waals surface area contributed by atoms with Gasteiger partial charge in [0.1, 0.15) is 19.1 Å². The minimum absolute atomic E-state index is 0.554. The second-order valence-corrected chi connectivity index (χ2v) is 5.90. The molecule has 20 heavy (non-hydrogen) atoms. The molecular weight excluding hydrogens is 274 g/mol. The molecule has 1 aliphatic heterocycles. The lowest BCUT2D eigenvalue weighted by molar-refractivity contribution is 0.184. The number of nitrogen functional groups attached to an aromatic ring is 1. The van der Waals surface area contributed by atoms with Gasteiger partial charge in [0, 0.05) is 17.6 Å². The van der Waals surface area contributed by atoms with Crippen molar-refractivity contribution in [3.63, 3.8) is 0 Å². The summed E-state index contributed by atoms with van der Waals surface area (Å²) in [6.45, 7) is 4.09. The quantitative estimate of drug-likeness (QED) is 0.941. The number of hydrogen-bond donors (Lipinski definition) is 1. The fourth-order valence-electron chi connectivity index (χ4n) is 2.39. The first-order valence-corrected chi connectivity index (χ1v) is 7.24. The molecule has 2 aromatic rings. The van der Waals surface area contributed by atoms with Crippen LogP contribution in [0.4, 0.5) is 10.8 Å². The van der Waals surface area contributed by atoms with Crippen LogP contribution in [-0.4, -0.2) is 32.0 Å². The number of benzene rings is 1. The molecule has 3 rings (SSSR count). The lowest BCUT2D eigenvalue weighted by atomic mass is 10.1. The highest BCUT2D eigenvalue weighted by atomic mass is 32.1. The van der Waals surface area contributed by atoms with Crippen molar-refractivity contribution in [3.8, 4) is 17.0 Å². The summed E-state index contributed by atoms with van der Waals surface area (Å²) in [4.78, 5) is 7.69. The van der Waals surface area contributed by atoms with Gasteiger partial charge < -0.3 is 20.1 Å². The van der Waals surface area contributed by atoms with Crippen LogP contribution in [0.5, 0.6) is 5.75 Å². The fraction of sp³-hybridized carbons (Fsp3) is 0.357. The van der Waals surface area contributed by atoms with Gasteiger partial charge in [-0.05, 0) is 25.1 Å². The molecule has 0 radical (unpaired) electrons. The average Bonchev–Trinajstić information content (AvgIpc) is 2.78. The Labute approximate surface area is 121 Å². The van der Waals surface area contributed by atoms with Gasteiger partial charge >= 0.3 is 0 Å². The van der Waals surface area contributed by atoms with Gasteiger partial charge in [0.05, 0.1) is 17.9 Å². The molecule has 0 amide bonds. The number of nitrogens with two attached hydrogens (primary N) is 1. The van der Waals surface area contributed by atoms with Gasteiger partial charge in [0.25, 0.3) is 0 Å². The molecule has 1 aromatic carbocycles. The summed E-state index contributed by atoms with van der Waals surface area (Å²) < 4.78 is 10.9. The molecule has 0 unspecified atom stereocenters. The van der Waals surface area contributed by atoms with E-state index in [0.29, 0.717) is 18.5 Å². The lowest BCUT2D eigenvalue weighted by Crippen LogP contribution is -2.34. The number of fused-ring (bicyclic) bond motifs is 1. The number of rotatable bonds is 3. The van der Waals surface area contributed by atoms with Crippen molar-refractivity contribution in [2.75, 3.05) is 37.6 Å². The zero-order valence-electron chi connectivity index (χ0n) is 11.5. The summed E-state index contributed by atoms with van der Waals surface area (Å²) in [6.07, 6.45) is 0. The minimum atomic E-state index is 0.554. The average molecular weight is 291 g/mol. The molecule has 6 heteroatoms. The number of hydrogen-bond acceptors (Lipinski definition) is 6. The molecular formula is C14H17N3O2S. The Bertz CT molecular complexity index is 627. The van der Waals surface area contributed by atoms with Crippen LogP contribution < -0.4 is 15.4 Å². The Hall–Kier alpha value is -1.79. The zero-order chi connectivity index (χ0) is 14.1. The third-order valence-corrected chi connectivity index (χ3v) is 4.09. The van der Waals surface area contributed by atoms with E-state index >= 15 is 0 Å². The van der Waals surface area contributed by atoms with Crippen LogP contribution in [-0.2, 0) is 4.74 Å². The fourth-order valence-corrected chi connectivity index (χ4v) is 3.11. The minimum Gasteiger partial charge on any atom is -0.490 e. The molecule has 0 saturated carbocycles. The van der Waals surface area contributed by atoms with Gasteiger partial charge in [-0.3, -0.25) is 0 Å². The summed E-state index contributed by atoms with van der Waals surface area (Å²) in [5.41, 5.74) is 8.82. The Kier molecular flexibility index (Phi) is 3.50. The van der Waals surface area contributed by atoms with Crippen LogP contribution >= 0.6 is 11.3 Å². The van der Waals surface area contributed by atoms with Crippen LogP contribution in [0.15, 0.2) is 18.2 Å². The van der Waals surface area contributed by atoms with Crippen molar-refractivity contribution in [3.05, 3.63) is 23.1 Å². The highest BCUT2D eigenvalue weighted by molar-refractivity contribution is 7.15. The molecule has 0 aliphatic carbocycles. The molecule has 2 N–H and O–H groups in total. The van der Waals surface area contributed by atoms with Gasteiger partial charge in [-0.2, -0.15) is 0 Å². The topological polar surface area (TPSA) is 60.6 Å². The van der Waals surface area contributed by atoms with E-state index in [1.165, 1.54) is 11.3 Å². The number of ether oxygens (including phenoxy) is 2. The molecule has 106 valence electrons. The first-order valence-electron chi connectivity index (χ1n) is 6.43. The van der Waals surface area contributed by atoms with Crippen LogP contribution in [0.1, 0.15) is 4.88 Å². The van der Waals surface area contributed by atoms with Gasteiger partial charge in [-0.1, -0.05) is 0 Å². The van der Waals surface area contributed by atoms with E-state index in [9.17, 15) is 0 Å². The predicted octanol–water partition coefficient (Wildman–Crippen LogP) is 2.50. The normalized spacial score (nSPS) is 14.0. The Morgan fingerprint density at radius 3 is 3.05 bits per heavy atom. The maximum atomic E-state index is 5.78. The molecule has 0 saturated heterocycles. The van der Waals surface area contributed by atoms with E-state index in [1.807, 2.05) is 19.1 Å². The Morgan fingerprint density at radius 1 is 1.50 bits per heavy atom. The molecule has 0 spiro atoms. The number of nitrogens with zero attached hydrogens (tertiary/aromatic N) is 2. The third kappa shape index (κ3) is 2.32. The summed E-state index contributed by atoms with van der Waals surface area (Å²) in [7, 11) is 1.70. The molecule has 0 atom stereocenters. The van der Waals surface area contributed by atoms with Gasteiger partial charge in [-0.25, -0.2) is 4.98 Å². The molecule has 5 nitrogen and oxygen atoms in total. The lowest BCUT2D eigenvalue weighted by Gasteiger charge is -2.30. The van der Waals surface area contributed by atoms with Gasteiger partial charge in [-0.15, -0.1) is 11.3 Å². The molecule has 0 bridgehead atoms. The SMILES string of the molecule is COCN1CCOc2ccc(-c3nc(N)sc3C)cc21. The van der Waals surface area contributed by atoms with Crippen molar-refractivity contribution < 1.29 is 9.47 Å². The van der Waals surface area contributed by atoms with Crippen molar-refractivity contribution in [2.24, 2.45) is 0 Å². The van der Waals surface area contributed by atoms with E-state index < -0.39 is 0 Å². The summed E-state index contributed by atoms with van der Waals surface area (Å²) in [5, 5.41) is 0.597. The second kappa shape index (κ2) is 5.30. The predicted molar refractivity (Wildman–Crippen MR) is 81.4 cm³/mol. The number of anilines is 2. The van der Waals surface area contributed by atoms with Crippen LogP contribution in [0, 0.1) is 6.92 Å². The molecule has 0 fully saturated rings. The number of thiazole rings is 1. The van der Waals surface area contributed by atoms with Gasteiger partial charge in [0.15, 0.2) is 5.13 Å².